The maximum Gasteiger partial charge on any atom is 0.150 e. The van der Waals surface area contributed by atoms with Crippen LogP contribution in [0.3, 0.4) is 0 Å². The van der Waals surface area contributed by atoms with Gasteiger partial charge in [-0.3, -0.25) is 0 Å². The quantitative estimate of drug-likeness (QED) is 0.896. The van der Waals surface area contributed by atoms with Crippen LogP contribution in [0.1, 0.15) is 13.8 Å². The van der Waals surface area contributed by atoms with E-state index >= 15 is 0 Å². The number of halogens is 2. The van der Waals surface area contributed by atoms with Gasteiger partial charge in [-0.2, -0.15) is 0 Å². The van der Waals surface area contributed by atoms with Crippen LogP contribution in [-0.2, 0) is 4.74 Å². The molecular weight excluding hydrogens is 301 g/mol. The van der Waals surface area contributed by atoms with E-state index in [1.54, 1.807) is 13.1 Å². The number of pyridine rings is 1. The molecule has 1 fully saturated rings. The number of morpholine rings is 1. The molecule has 0 spiro atoms. The first-order chi connectivity index (χ1) is 9.36. The fourth-order valence-electron chi connectivity index (χ4n) is 2.41. The van der Waals surface area contributed by atoms with Crippen LogP contribution in [0.25, 0.3) is 0 Å². The van der Waals surface area contributed by atoms with E-state index in [9.17, 15) is 5.11 Å². The zero-order chi connectivity index (χ0) is 14.9. The van der Waals surface area contributed by atoms with E-state index in [0.717, 1.165) is 0 Å². The van der Waals surface area contributed by atoms with Gasteiger partial charge in [-0.05, 0) is 19.9 Å². The van der Waals surface area contributed by atoms with Crippen molar-refractivity contribution in [1.29, 1.82) is 0 Å². The predicted molar refractivity (Wildman–Crippen MR) is 82.1 cm³/mol. The van der Waals surface area contributed by atoms with Crippen molar-refractivity contribution in [1.82, 2.24) is 4.98 Å². The van der Waals surface area contributed by atoms with E-state index in [0.29, 0.717) is 34.8 Å². The molecule has 112 valence electrons. The largest absolute Gasteiger partial charge is 0.394 e. The van der Waals surface area contributed by atoms with Crippen LogP contribution in [0.2, 0.25) is 10.0 Å². The molecule has 0 bridgehead atoms. The van der Waals surface area contributed by atoms with Crippen molar-refractivity contribution >= 4 is 34.8 Å². The first kappa shape index (κ1) is 15.6. The summed E-state index contributed by atoms with van der Waals surface area (Å²) in [6, 6.07) is 1.67. The predicted octanol–water partition coefficient (Wildman–Crippen LogP) is 2.41. The molecule has 1 aromatic heterocycles. The second kappa shape index (κ2) is 5.93. The van der Waals surface area contributed by atoms with E-state index < -0.39 is 0 Å². The summed E-state index contributed by atoms with van der Waals surface area (Å²) in [5.74, 6) is 1.23. The number of aromatic nitrogens is 1. The molecule has 0 amide bonds. The molecule has 2 N–H and O–H groups in total. The van der Waals surface area contributed by atoms with Crippen LogP contribution < -0.4 is 10.2 Å². The Hall–Kier alpha value is -0.750. The van der Waals surface area contributed by atoms with Crippen LogP contribution in [0.15, 0.2) is 6.07 Å². The maximum absolute atomic E-state index is 9.36. The number of aliphatic hydroxyl groups excluding tert-OH is 1. The summed E-state index contributed by atoms with van der Waals surface area (Å²) in [4.78, 5) is 6.48. The lowest BCUT2D eigenvalue weighted by Crippen LogP contribution is -2.54. The van der Waals surface area contributed by atoms with Crippen molar-refractivity contribution in [3.8, 4) is 0 Å². The highest BCUT2D eigenvalue weighted by Crippen LogP contribution is 2.34. The molecule has 1 saturated heterocycles. The monoisotopic (exact) mass is 319 g/mol. The van der Waals surface area contributed by atoms with Gasteiger partial charge in [0.25, 0.3) is 0 Å². The van der Waals surface area contributed by atoms with Gasteiger partial charge < -0.3 is 20.1 Å². The summed E-state index contributed by atoms with van der Waals surface area (Å²) in [5, 5.41) is 13.3. The molecule has 2 heterocycles. The number of anilines is 2. The van der Waals surface area contributed by atoms with Crippen molar-refractivity contribution in [2.75, 3.05) is 37.0 Å². The van der Waals surface area contributed by atoms with E-state index in [2.05, 4.69) is 10.3 Å². The third-order valence-electron chi connectivity index (χ3n) is 3.13. The van der Waals surface area contributed by atoms with Crippen LogP contribution >= 0.6 is 23.2 Å². The van der Waals surface area contributed by atoms with Gasteiger partial charge in [-0.15, -0.1) is 0 Å². The summed E-state index contributed by atoms with van der Waals surface area (Å²) in [6.07, 6.45) is -0.259. The molecule has 5 nitrogen and oxygen atoms in total. The number of nitrogens with zero attached hydrogens (tertiary/aromatic N) is 2. The maximum atomic E-state index is 9.36. The molecule has 2 rings (SSSR count). The summed E-state index contributed by atoms with van der Waals surface area (Å²) in [7, 11) is 1.76. The summed E-state index contributed by atoms with van der Waals surface area (Å²) in [5.41, 5.74) is -0.379. The Morgan fingerprint density at radius 2 is 2.20 bits per heavy atom. The molecule has 0 aromatic carbocycles. The Labute approximate surface area is 128 Å². The number of nitrogens with one attached hydrogen (secondary N) is 1. The Morgan fingerprint density at radius 3 is 2.80 bits per heavy atom. The van der Waals surface area contributed by atoms with Crippen molar-refractivity contribution in [3.05, 3.63) is 16.1 Å². The van der Waals surface area contributed by atoms with Gasteiger partial charge in [0, 0.05) is 20.1 Å². The minimum Gasteiger partial charge on any atom is -0.394 e. The van der Waals surface area contributed by atoms with Gasteiger partial charge in [0.2, 0.25) is 0 Å². The van der Waals surface area contributed by atoms with Crippen molar-refractivity contribution in [2.24, 2.45) is 0 Å². The molecule has 1 aliphatic rings. The lowest BCUT2D eigenvalue weighted by atomic mass is 10.1. The number of rotatable bonds is 3. The summed E-state index contributed by atoms with van der Waals surface area (Å²) >= 11 is 12.3. The second-order valence-corrected chi connectivity index (χ2v) is 6.25. The fraction of sp³-hybridized carbons (Fsp3) is 0.615. The molecule has 1 aromatic rings. The van der Waals surface area contributed by atoms with E-state index in [1.807, 2.05) is 18.7 Å². The zero-order valence-electron chi connectivity index (χ0n) is 11.8. The summed E-state index contributed by atoms with van der Waals surface area (Å²) in [6.45, 7) is 5.09. The number of hydrogen-bond acceptors (Lipinski definition) is 5. The van der Waals surface area contributed by atoms with E-state index in [4.69, 9.17) is 27.9 Å². The smallest absolute Gasteiger partial charge is 0.150 e. The van der Waals surface area contributed by atoms with Gasteiger partial charge in [0.1, 0.15) is 11.6 Å². The highest BCUT2D eigenvalue weighted by atomic mass is 35.5. The van der Waals surface area contributed by atoms with Crippen LogP contribution in [0.5, 0.6) is 0 Å². The lowest BCUT2D eigenvalue weighted by molar-refractivity contribution is -0.101. The third kappa shape index (κ3) is 3.28. The first-order valence-corrected chi connectivity index (χ1v) is 7.19. The fourth-order valence-corrected chi connectivity index (χ4v) is 2.98. The van der Waals surface area contributed by atoms with Gasteiger partial charge in [0.15, 0.2) is 0 Å². The Bertz CT molecular complexity index is 497. The van der Waals surface area contributed by atoms with Gasteiger partial charge in [-0.25, -0.2) is 4.98 Å². The third-order valence-corrected chi connectivity index (χ3v) is 3.70. The van der Waals surface area contributed by atoms with Crippen molar-refractivity contribution in [2.45, 2.75) is 25.6 Å². The van der Waals surface area contributed by atoms with Gasteiger partial charge in [-0.1, -0.05) is 23.2 Å². The molecule has 1 atom stereocenters. The molecule has 1 aliphatic heterocycles. The lowest BCUT2D eigenvalue weighted by Gasteiger charge is -2.43. The van der Waals surface area contributed by atoms with Gasteiger partial charge in [0.05, 0.1) is 28.4 Å². The number of ether oxygens (including phenoxy) is 1. The molecule has 0 radical (unpaired) electrons. The Balaban J connectivity index is 2.34. The number of hydrogen-bond donors (Lipinski definition) is 2. The second-order valence-electron chi connectivity index (χ2n) is 5.44. The average Bonchev–Trinajstić information content (AvgIpc) is 2.37. The van der Waals surface area contributed by atoms with Crippen LogP contribution in [0, 0.1) is 0 Å². The average molecular weight is 320 g/mol. The SMILES string of the molecule is CNc1nc(N2CC(CO)OC(C)(C)C2)c(Cl)cc1Cl. The van der Waals surface area contributed by atoms with E-state index in [1.165, 1.54) is 0 Å². The van der Waals surface area contributed by atoms with Crippen molar-refractivity contribution in [3.63, 3.8) is 0 Å². The first-order valence-electron chi connectivity index (χ1n) is 6.43. The standard InChI is InChI=1S/C13H19Cl2N3O2/c1-13(2)7-18(5-8(6-19)20-13)12-10(15)4-9(14)11(16-3)17-12/h4,8,19H,5-7H2,1-3H3,(H,16,17). The number of aliphatic hydroxyl groups is 1. The molecule has 20 heavy (non-hydrogen) atoms. The topological polar surface area (TPSA) is 57.6 Å². The summed E-state index contributed by atoms with van der Waals surface area (Å²) < 4.78 is 5.79. The zero-order valence-corrected chi connectivity index (χ0v) is 13.3. The minimum absolute atomic E-state index is 0.0377. The molecular formula is C13H19Cl2N3O2. The minimum atomic E-state index is -0.379. The molecule has 7 heteroatoms. The highest BCUT2D eigenvalue weighted by Gasteiger charge is 2.34. The van der Waals surface area contributed by atoms with Crippen LogP contribution in [-0.4, -0.2) is 48.5 Å². The highest BCUT2D eigenvalue weighted by molar-refractivity contribution is 6.37. The van der Waals surface area contributed by atoms with E-state index in [-0.39, 0.29) is 18.3 Å². The molecule has 1 unspecified atom stereocenters. The van der Waals surface area contributed by atoms with Crippen molar-refractivity contribution < 1.29 is 9.84 Å². The molecule has 0 saturated carbocycles. The van der Waals surface area contributed by atoms with Gasteiger partial charge >= 0.3 is 0 Å². The Morgan fingerprint density at radius 1 is 1.50 bits per heavy atom. The molecule has 0 aliphatic carbocycles. The Kier molecular flexibility index (Phi) is 4.64. The van der Waals surface area contributed by atoms with Crippen LogP contribution in [0.4, 0.5) is 11.6 Å². The normalized spacial score (nSPS) is 21.9.